The number of oxime groups is 1. The minimum absolute atomic E-state index is 0.178. The lowest BCUT2D eigenvalue weighted by atomic mass is 9.79. The fourth-order valence-corrected chi connectivity index (χ4v) is 2.89. The molecule has 0 bridgehead atoms. The summed E-state index contributed by atoms with van der Waals surface area (Å²) >= 11 is 0. The average Bonchev–Trinajstić information content (AvgIpc) is 2.47. The Morgan fingerprint density at radius 2 is 1.91 bits per heavy atom. The van der Waals surface area contributed by atoms with Gasteiger partial charge in [0.25, 0.3) is 0 Å². The summed E-state index contributed by atoms with van der Waals surface area (Å²) in [4.78, 5) is 5.68. The van der Waals surface area contributed by atoms with Crippen LogP contribution < -0.4 is 5.32 Å². The highest BCUT2D eigenvalue weighted by Gasteiger charge is 2.32. The molecule has 1 aliphatic rings. The zero-order chi connectivity index (χ0) is 16.2. The zero-order valence-electron chi connectivity index (χ0n) is 14.0. The Hall–Kier alpha value is -1.39. The van der Waals surface area contributed by atoms with Gasteiger partial charge in [-0.2, -0.15) is 0 Å². The third-order valence-electron chi connectivity index (χ3n) is 4.06. The number of aliphatic hydroxyl groups excluding tert-OH is 1. The normalized spacial score (nSPS) is 26.8. The SMILES string of the molecule is CN[C@@H]1CC[C@H](/C(=N\OC(C)(C)C)c2ccccc2)C[C@@H]1O. The Bertz CT molecular complexity index is 494. The first-order chi connectivity index (χ1) is 10.4. The molecule has 1 aromatic rings. The fourth-order valence-electron chi connectivity index (χ4n) is 2.89. The lowest BCUT2D eigenvalue weighted by molar-refractivity contribution is -0.000752. The highest BCUT2D eigenvalue weighted by molar-refractivity contribution is 6.02. The van der Waals surface area contributed by atoms with Crippen LogP contribution in [0.1, 0.15) is 45.6 Å². The van der Waals surface area contributed by atoms with Crippen molar-refractivity contribution in [3.63, 3.8) is 0 Å². The molecular weight excluding hydrogens is 276 g/mol. The van der Waals surface area contributed by atoms with E-state index >= 15 is 0 Å². The molecule has 1 fully saturated rings. The minimum Gasteiger partial charge on any atom is -0.391 e. The number of nitrogens with one attached hydrogen (secondary N) is 1. The zero-order valence-corrected chi connectivity index (χ0v) is 14.0. The molecule has 1 saturated carbocycles. The summed E-state index contributed by atoms with van der Waals surface area (Å²) in [5.74, 6) is 0.226. The van der Waals surface area contributed by atoms with Gasteiger partial charge >= 0.3 is 0 Å². The summed E-state index contributed by atoms with van der Waals surface area (Å²) in [5.41, 5.74) is 1.71. The molecule has 0 spiro atoms. The molecule has 122 valence electrons. The molecule has 0 amide bonds. The van der Waals surface area contributed by atoms with Crippen LogP contribution in [-0.4, -0.2) is 35.6 Å². The van der Waals surface area contributed by atoms with E-state index in [9.17, 15) is 5.11 Å². The van der Waals surface area contributed by atoms with Crippen LogP contribution in [0.15, 0.2) is 35.5 Å². The van der Waals surface area contributed by atoms with Crippen molar-refractivity contribution < 1.29 is 9.94 Å². The van der Waals surface area contributed by atoms with Gasteiger partial charge < -0.3 is 15.3 Å². The molecule has 0 saturated heterocycles. The molecule has 22 heavy (non-hydrogen) atoms. The lowest BCUT2D eigenvalue weighted by Gasteiger charge is -2.33. The van der Waals surface area contributed by atoms with E-state index in [4.69, 9.17) is 4.84 Å². The first kappa shape index (κ1) is 17.0. The Labute approximate surface area is 133 Å². The van der Waals surface area contributed by atoms with Crippen LogP contribution in [0.25, 0.3) is 0 Å². The van der Waals surface area contributed by atoms with Gasteiger partial charge in [-0.1, -0.05) is 35.5 Å². The van der Waals surface area contributed by atoms with E-state index in [0.29, 0.717) is 6.42 Å². The van der Waals surface area contributed by atoms with E-state index in [1.54, 1.807) is 0 Å². The van der Waals surface area contributed by atoms with Gasteiger partial charge in [-0.05, 0) is 52.6 Å². The van der Waals surface area contributed by atoms with Crippen molar-refractivity contribution in [3.8, 4) is 0 Å². The van der Waals surface area contributed by atoms with Gasteiger partial charge in [-0.25, -0.2) is 0 Å². The molecular formula is C18H28N2O2. The first-order valence-corrected chi connectivity index (χ1v) is 8.07. The Morgan fingerprint density at radius 1 is 1.23 bits per heavy atom. The molecule has 0 unspecified atom stereocenters. The average molecular weight is 304 g/mol. The number of hydrogen-bond acceptors (Lipinski definition) is 4. The van der Waals surface area contributed by atoms with Gasteiger partial charge in [0, 0.05) is 12.0 Å². The second kappa shape index (κ2) is 7.25. The molecule has 2 N–H and O–H groups in total. The van der Waals surface area contributed by atoms with Gasteiger partial charge in [-0.3, -0.25) is 0 Å². The number of likely N-dealkylation sites (N-methyl/N-ethyl adjacent to an activating group) is 1. The molecule has 2 rings (SSSR count). The van der Waals surface area contributed by atoms with Gasteiger partial charge in [0.2, 0.25) is 0 Å². The highest BCUT2D eigenvalue weighted by atomic mass is 16.6. The van der Waals surface area contributed by atoms with Crippen molar-refractivity contribution in [3.05, 3.63) is 35.9 Å². The molecule has 1 aromatic carbocycles. The quantitative estimate of drug-likeness (QED) is 0.664. The van der Waals surface area contributed by atoms with E-state index in [-0.39, 0.29) is 23.7 Å². The first-order valence-electron chi connectivity index (χ1n) is 8.07. The summed E-state index contributed by atoms with van der Waals surface area (Å²) in [6.45, 7) is 5.98. The van der Waals surface area contributed by atoms with Crippen molar-refractivity contribution in [2.75, 3.05) is 7.05 Å². The Morgan fingerprint density at radius 3 is 2.45 bits per heavy atom. The van der Waals surface area contributed by atoms with Gasteiger partial charge in [-0.15, -0.1) is 0 Å². The fraction of sp³-hybridized carbons (Fsp3) is 0.611. The number of nitrogens with zero attached hydrogens (tertiary/aromatic N) is 1. The van der Waals surface area contributed by atoms with Crippen molar-refractivity contribution in [1.29, 1.82) is 0 Å². The molecule has 4 heteroatoms. The molecule has 0 radical (unpaired) electrons. The smallest absolute Gasteiger partial charge is 0.129 e. The predicted octanol–water partition coefficient (Wildman–Crippen LogP) is 2.95. The summed E-state index contributed by atoms with van der Waals surface area (Å²) in [5, 5.41) is 18.0. The standard InChI is InChI=1S/C18H28N2O2/c1-18(2,3)22-20-17(13-8-6-5-7-9-13)14-10-11-15(19-4)16(21)12-14/h5-9,14-16,19,21H,10-12H2,1-4H3/b20-17-/t14-,15+,16-/m0/s1. The van der Waals surface area contributed by atoms with Crippen LogP contribution in [0.4, 0.5) is 0 Å². The maximum Gasteiger partial charge on any atom is 0.129 e. The largest absolute Gasteiger partial charge is 0.391 e. The molecule has 0 aliphatic heterocycles. The minimum atomic E-state index is -0.340. The van der Waals surface area contributed by atoms with E-state index in [2.05, 4.69) is 22.6 Å². The second-order valence-electron chi connectivity index (χ2n) is 7.02. The number of hydrogen-bond donors (Lipinski definition) is 2. The van der Waals surface area contributed by atoms with Crippen LogP contribution in [0.2, 0.25) is 0 Å². The van der Waals surface area contributed by atoms with E-state index in [0.717, 1.165) is 24.1 Å². The molecule has 3 atom stereocenters. The third kappa shape index (κ3) is 4.55. The van der Waals surface area contributed by atoms with Gasteiger partial charge in [0.15, 0.2) is 0 Å². The molecule has 0 heterocycles. The third-order valence-corrected chi connectivity index (χ3v) is 4.06. The van der Waals surface area contributed by atoms with Gasteiger partial charge in [0.1, 0.15) is 5.60 Å². The predicted molar refractivity (Wildman–Crippen MR) is 90.0 cm³/mol. The van der Waals surface area contributed by atoms with Crippen molar-refractivity contribution in [2.45, 2.75) is 57.8 Å². The number of rotatable bonds is 4. The Balaban J connectivity index is 2.22. The second-order valence-corrected chi connectivity index (χ2v) is 7.02. The van der Waals surface area contributed by atoms with Crippen LogP contribution >= 0.6 is 0 Å². The van der Waals surface area contributed by atoms with Crippen LogP contribution in [-0.2, 0) is 4.84 Å². The number of aliphatic hydroxyl groups is 1. The lowest BCUT2D eigenvalue weighted by Crippen LogP contribution is -2.44. The molecule has 0 aromatic heterocycles. The summed E-state index contributed by atoms with van der Waals surface area (Å²) in [6.07, 6.45) is 2.33. The topological polar surface area (TPSA) is 53.9 Å². The van der Waals surface area contributed by atoms with E-state index in [1.165, 1.54) is 0 Å². The summed E-state index contributed by atoms with van der Waals surface area (Å²) in [6, 6.07) is 10.3. The van der Waals surface area contributed by atoms with Crippen molar-refractivity contribution >= 4 is 5.71 Å². The van der Waals surface area contributed by atoms with E-state index < -0.39 is 0 Å². The Kier molecular flexibility index (Phi) is 5.59. The molecule has 1 aliphatic carbocycles. The summed E-state index contributed by atoms with van der Waals surface area (Å²) in [7, 11) is 1.91. The van der Waals surface area contributed by atoms with Crippen LogP contribution in [0.3, 0.4) is 0 Å². The van der Waals surface area contributed by atoms with Crippen LogP contribution in [0, 0.1) is 5.92 Å². The number of benzene rings is 1. The molecule has 4 nitrogen and oxygen atoms in total. The van der Waals surface area contributed by atoms with Gasteiger partial charge in [0.05, 0.1) is 11.8 Å². The highest BCUT2D eigenvalue weighted by Crippen LogP contribution is 2.29. The van der Waals surface area contributed by atoms with Crippen molar-refractivity contribution in [1.82, 2.24) is 5.32 Å². The monoisotopic (exact) mass is 304 g/mol. The maximum absolute atomic E-state index is 10.3. The van der Waals surface area contributed by atoms with E-state index in [1.807, 2.05) is 46.0 Å². The maximum atomic E-state index is 10.3. The van der Waals surface area contributed by atoms with Crippen molar-refractivity contribution in [2.24, 2.45) is 11.1 Å². The van der Waals surface area contributed by atoms with Crippen LogP contribution in [0.5, 0.6) is 0 Å². The summed E-state index contributed by atoms with van der Waals surface area (Å²) < 4.78 is 0.